The Bertz CT molecular complexity index is 374. The molecule has 2 fully saturated rings. The summed E-state index contributed by atoms with van der Waals surface area (Å²) in [5, 5.41) is 3.07. The fourth-order valence-electron chi connectivity index (χ4n) is 2.70. The first kappa shape index (κ1) is 14.2. The Hall–Kier alpha value is -0.210. The molecule has 0 unspecified atom stereocenters. The summed E-state index contributed by atoms with van der Waals surface area (Å²) in [6.07, 6.45) is 1.88. The summed E-state index contributed by atoms with van der Waals surface area (Å²) in [4.78, 5) is 0. The fraction of sp³-hybridized carbons (Fsp3) is 1.00. The molecule has 0 spiro atoms. The van der Waals surface area contributed by atoms with Crippen LogP contribution in [0.2, 0.25) is 0 Å². The number of nitrogens with one attached hydrogen (secondary N) is 1. The molecule has 0 radical (unpaired) electrons. The van der Waals surface area contributed by atoms with Gasteiger partial charge in [0.2, 0.25) is 0 Å². The molecule has 0 aromatic carbocycles. The van der Waals surface area contributed by atoms with E-state index in [-0.39, 0.29) is 12.1 Å². The summed E-state index contributed by atoms with van der Waals surface area (Å²) in [6, 6.07) is 0.0955. The van der Waals surface area contributed by atoms with E-state index in [0.29, 0.717) is 26.2 Å². The van der Waals surface area contributed by atoms with Gasteiger partial charge in [-0.3, -0.25) is 0 Å². The molecule has 0 saturated carbocycles. The van der Waals surface area contributed by atoms with Gasteiger partial charge >= 0.3 is 0 Å². The van der Waals surface area contributed by atoms with Gasteiger partial charge in [-0.1, -0.05) is 0 Å². The lowest BCUT2D eigenvalue weighted by Crippen LogP contribution is -2.53. The number of ether oxygens (including phenoxy) is 1. The lowest BCUT2D eigenvalue weighted by atomic mass is 10.2. The van der Waals surface area contributed by atoms with Crippen LogP contribution in [0.15, 0.2) is 0 Å². The summed E-state index contributed by atoms with van der Waals surface area (Å²) in [7, 11) is -1.46. The number of hydrogen-bond acceptors (Lipinski definition) is 4. The molecule has 0 aliphatic carbocycles. The normalized spacial score (nSPS) is 31.9. The van der Waals surface area contributed by atoms with E-state index in [1.807, 2.05) is 14.0 Å². The Balaban J connectivity index is 2.09. The summed E-state index contributed by atoms with van der Waals surface area (Å²) in [5.74, 6) is 0. The van der Waals surface area contributed by atoms with Gasteiger partial charge in [0, 0.05) is 32.2 Å². The van der Waals surface area contributed by atoms with Crippen molar-refractivity contribution in [3.63, 3.8) is 0 Å². The fourth-order valence-corrected chi connectivity index (χ4v) is 4.61. The molecule has 0 aromatic heterocycles. The monoisotopic (exact) mass is 277 g/mol. The molecule has 2 atom stereocenters. The molecule has 6 nitrogen and oxygen atoms in total. The summed E-state index contributed by atoms with van der Waals surface area (Å²) in [5.41, 5.74) is 0. The third-order valence-electron chi connectivity index (χ3n) is 3.59. The quantitative estimate of drug-likeness (QED) is 0.762. The highest BCUT2D eigenvalue weighted by atomic mass is 32.2. The Morgan fingerprint density at radius 1 is 1.39 bits per heavy atom. The molecule has 0 aromatic rings. The van der Waals surface area contributed by atoms with Crippen molar-refractivity contribution in [3.05, 3.63) is 0 Å². The average Bonchev–Trinajstić information content (AvgIpc) is 2.78. The Morgan fingerprint density at radius 3 is 2.83 bits per heavy atom. The van der Waals surface area contributed by atoms with Gasteiger partial charge < -0.3 is 10.1 Å². The van der Waals surface area contributed by atoms with Crippen molar-refractivity contribution in [2.75, 3.05) is 39.8 Å². The van der Waals surface area contributed by atoms with Gasteiger partial charge in [-0.15, -0.1) is 0 Å². The number of morpholine rings is 1. The number of rotatable bonds is 4. The molecule has 2 aliphatic rings. The maximum absolute atomic E-state index is 12.6. The molecule has 2 heterocycles. The Labute approximate surface area is 109 Å². The molecule has 0 amide bonds. The van der Waals surface area contributed by atoms with E-state index in [4.69, 9.17) is 4.74 Å². The van der Waals surface area contributed by atoms with Gasteiger partial charge in [-0.25, -0.2) is 0 Å². The van der Waals surface area contributed by atoms with Crippen molar-refractivity contribution in [1.29, 1.82) is 0 Å². The van der Waals surface area contributed by atoms with Gasteiger partial charge in [-0.05, 0) is 26.8 Å². The van der Waals surface area contributed by atoms with E-state index in [9.17, 15) is 8.42 Å². The van der Waals surface area contributed by atoms with Crippen LogP contribution in [0, 0.1) is 0 Å². The van der Waals surface area contributed by atoms with Gasteiger partial charge in [0.1, 0.15) is 0 Å². The summed E-state index contributed by atoms with van der Waals surface area (Å²) < 4.78 is 33.8. The second-order valence-corrected chi connectivity index (χ2v) is 6.89. The van der Waals surface area contributed by atoms with Crippen LogP contribution in [0.5, 0.6) is 0 Å². The van der Waals surface area contributed by atoms with E-state index in [2.05, 4.69) is 5.32 Å². The molecular formula is C11H23N3O3S. The van der Waals surface area contributed by atoms with Crippen molar-refractivity contribution in [2.45, 2.75) is 31.9 Å². The van der Waals surface area contributed by atoms with Crippen LogP contribution in [0.1, 0.15) is 19.8 Å². The van der Waals surface area contributed by atoms with Gasteiger partial charge in [0.05, 0.1) is 12.7 Å². The van der Waals surface area contributed by atoms with Gasteiger partial charge in [0.25, 0.3) is 10.2 Å². The summed E-state index contributed by atoms with van der Waals surface area (Å²) in [6.45, 7) is 4.70. The molecular weight excluding hydrogens is 254 g/mol. The SMILES string of the molecule is CNC[C@@H]1CCCN1S(=O)(=O)N1CCO[C@H](C)C1. The van der Waals surface area contributed by atoms with Crippen LogP contribution in [-0.4, -0.2) is 69.0 Å². The number of hydrogen-bond donors (Lipinski definition) is 1. The van der Waals surface area contributed by atoms with Gasteiger partial charge in [0.15, 0.2) is 0 Å². The van der Waals surface area contributed by atoms with Crippen LogP contribution in [-0.2, 0) is 14.9 Å². The zero-order valence-corrected chi connectivity index (χ0v) is 11.9. The highest BCUT2D eigenvalue weighted by Gasteiger charge is 2.39. The van der Waals surface area contributed by atoms with E-state index in [0.717, 1.165) is 19.4 Å². The van der Waals surface area contributed by atoms with Crippen LogP contribution >= 0.6 is 0 Å². The van der Waals surface area contributed by atoms with Crippen molar-refractivity contribution in [2.24, 2.45) is 0 Å². The first-order chi connectivity index (χ1) is 8.55. The summed E-state index contributed by atoms with van der Waals surface area (Å²) >= 11 is 0. The number of likely N-dealkylation sites (N-methyl/N-ethyl adjacent to an activating group) is 1. The predicted octanol–water partition coefficient (Wildman–Crippen LogP) is -0.364. The molecule has 7 heteroatoms. The smallest absolute Gasteiger partial charge is 0.282 e. The van der Waals surface area contributed by atoms with Crippen LogP contribution in [0.25, 0.3) is 0 Å². The second-order valence-electron chi connectivity index (χ2n) is 5.01. The van der Waals surface area contributed by atoms with Crippen molar-refractivity contribution in [3.8, 4) is 0 Å². The maximum Gasteiger partial charge on any atom is 0.282 e. The van der Waals surface area contributed by atoms with Crippen LogP contribution < -0.4 is 5.32 Å². The van der Waals surface area contributed by atoms with Crippen LogP contribution in [0.4, 0.5) is 0 Å². The largest absolute Gasteiger partial charge is 0.376 e. The molecule has 18 heavy (non-hydrogen) atoms. The highest BCUT2D eigenvalue weighted by molar-refractivity contribution is 7.86. The lowest BCUT2D eigenvalue weighted by molar-refractivity contribution is 0.00813. The first-order valence-electron chi connectivity index (χ1n) is 6.59. The lowest BCUT2D eigenvalue weighted by Gasteiger charge is -2.35. The molecule has 0 bridgehead atoms. The minimum absolute atomic E-state index is 0.0149. The van der Waals surface area contributed by atoms with Crippen molar-refractivity contribution in [1.82, 2.24) is 13.9 Å². The third kappa shape index (κ3) is 2.85. The molecule has 2 aliphatic heterocycles. The second kappa shape index (κ2) is 5.83. The highest BCUT2D eigenvalue weighted by Crippen LogP contribution is 2.24. The minimum atomic E-state index is -3.32. The zero-order valence-electron chi connectivity index (χ0n) is 11.1. The molecule has 2 saturated heterocycles. The van der Waals surface area contributed by atoms with Crippen molar-refractivity contribution < 1.29 is 13.2 Å². The van der Waals surface area contributed by atoms with Crippen molar-refractivity contribution >= 4 is 10.2 Å². The molecule has 106 valence electrons. The maximum atomic E-state index is 12.6. The predicted molar refractivity (Wildman–Crippen MR) is 69.6 cm³/mol. The van der Waals surface area contributed by atoms with E-state index in [1.165, 1.54) is 0 Å². The van der Waals surface area contributed by atoms with E-state index < -0.39 is 10.2 Å². The average molecular weight is 277 g/mol. The minimum Gasteiger partial charge on any atom is -0.376 e. The molecule has 2 rings (SSSR count). The zero-order chi connectivity index (χ0) is 13.2. The Kier molecular flexibility index (Phi) is 4.60. The first-order valence-corrected chi connectivity index (χ1v) is 7.98. The third-order valence-corrected chi connectivity index (χ3v) is 5.65. The standard InChI is InChI=1S/C11H23N3O3S/c1-10-9-13(6-7-17-10)18(15,16)14-5-3-4-11(14)8-12-2/h10-12H,3-9H2,1-2H3/t10-,11+/m1/s1. The number of nitrogens with zero attached hydrogens (tertiary/aromatic N) is 2. The molecule has 1 N–H and O–H groups in total. The van der Waals surface area contributed by atoms with Gasteiger partial charge in [-0.2, -0.15) is 17.0 Å². The topological polar surface area (TPSA) is 61.9 Å². The Morgan fingerprint density at radius 2 is 2.17 bits per heavy atom. The van der Waals surface area contributed by atoms with Crippen LogP contribution in [0.3, 0.4) is 0 Å². The van der Waals surface area contributed by atoms with E-state index in [1.54, 1.807) is 8.61 Å². The van der Waals surface area contributed by atoms with E-state index >= 15 is 0 Å².